The van der Waals surface area contributed by atoms with Crippen LogP contribution in [-0.4, -0.2) is 22.5 Å². The summed E-state index contributed by atoms with van der Waals surface area (Å²) in [6, 6.07) is 1.66. The lowest BCUT2D eigenvalue weighted by atomic mass is 10.2. The second-order valence-corrected chi connectivity index (χ2v) is 3.32. The highest BCUT2D eigenvalue weighted by Gasteiger charge is 2.15. The number of nitrogens with zero attached hydrogens (tertiary/aromatic N) is 2. The van der Waals surface area contributed by atoms with Gasteiger partial charge in [-0.1, -0.05) is 0 Å². The largest absolute Gasteiger partial charge is 0.462 e. The lowest BCUT2D eigenvalue weighted by molar-refractivity contribution is -0.136. The second-order valence-electron chi connectivity index (χ2n) is 2.50. The summed E-state index contributed by atoms with van der Waals surface area (Å²) in [5, 5.41) is 0. The number of halogens is 1. The molecule has 0 aliphatic heterocycles. The SMILES string of the molecule is CCOC(=O)C(=CN)c1nccc(Br)n1. The summed E-state index contributed by atoms with van der Waals surface area (Å²) >= 11 is 3.18. The first kappa shape index (κ1) is 11.6. The van der Waals surface area contributed by atoms with E-state index in [4.69, 9.17) is 10.5 Å². The van der Waals surface area contributed by atoms with E-state index in [1.165, 1.54) is 6.20 Å². The van der Waals surface area contributed by atoms with E-state index < -0.39 is 5.97 Å². The van der Waals surface area contributed by atoms with Crippen molar-refractivity contribution in [2.24, 2.45) is 5.73 Å². The Bertz CT molecular complexity index is 393. The Morgan fingerprint density at radius 1 is 1.73 bits per heavy atom. The molecular weight excluding hydrogens is 262 g/mol. The Morgan fingerprint density at radius 2 is 2.47 bits per heavy atom. The number of nitrogens with two attached hydrogens (primary N) is 1. The van der Waals surface area contributed by atoms with Gasteiger partial charge >= 0.3 is 5.97 Å². The molecule has 15 heavy (non-hydrogen) atoms. The first-order valence-electron chi connectivity index (χ1n) is 4.27. The van der Waals surface area contributed by atoms with Gasteiger partial charge in [-0.2, -0.15) is 0 Å². The Hall–Kier alpha value is -1.43. The van der Waals surface area contributed by atoms with Crippen LogP contribution in [0.15, 0.2) is 23.1 Å². The number of hydrogen-bond donors (Lipinski definition) is 1. The Kier molecular flexibility index (Phi) is 4.23. The summed E-state index contributed by atoms with van der Waals surface area (Å²) in [7, 11) is 0. The molecule has 0 atom stereocenters. The number of ether oxygens (including phenoxy) is 1. The van der Waals surface area contributed by atoms with Crippen molar-refractivity contribution in [2.45, 2.75) is 6.92 Å². The van der Waals surface area contributed by atoms with Crippen LogP contribution in [0.3, 0.4) is 0 Å². The molecule has 6 heteroatoms. The first-order valence-corrected chi connectivity index (χ1v) is 5.06. The van der Waals surface area contributed by atoms with Crippen LogP contribution < -0.4 is 5.73 Å². The minimum Gasteiger partial charge on any atom is -0.462 e. The zero-order valence-corrected chi connectivity index (χ0v) is 9.69. The fraction of sp³-hybridized carbons (Fsp3) is 0.222. The van der Waals surface area contributed by atoms with Gasteiger partial charge in [-0.05, 0) is 28.9 Å². The minimum absolute atomic E-state index is 0.151. The van der Waals surface area contributed by atoms with Gasteiger partial charge in [0.05, 0.1) is 6.61 Å². The molecule has 0 unspecified atom stereocenters. The quantitative estimate of drug-likeness (QED) is 0.506. The minimum atomic E-state index is -0.530. The van der Waals surface area contributed by atoms with Gasteiger partial charge in [-0.3, -0.25) is 0 Å². The van der Waals surface area contributed by atoms with Crippen LogP contribution in [0.5, 0.6) is 0 Å². The molecule has 0 aliphatic rings. The van der Waals surface area contributed by atoms with E-state index in [0.29, 0.717) is 4.60 Å². The van der Waals surface area contributed by atoms with Crippen LogP contribution in [0.2, 0.25) is 0 Å². The third-order valence-corrected chi connectivity index (χ3v) is 1.97. The van der Waals surface area contributed by atoms with Gasteiger partial charge in [0.1, 0.15) is 10.2 Å². The zero-order chi connectivity index (χ0) is 11.3. The molecule has 1 aromatic heterocycles. The molecule has 2 N–H and O–H groups in total. The van der Waals surface area contributed by atoms with E-state index in [-0.39, 0.29) is 18.0 Å². The van der Waals surface area contributed by atoms with E-state index in [0.717, 1.165) is 6.20 Å². The van der Waals surface area contributed by atoms with Crippen LogP contribution in [-0.2, 0) is 9.53 Å². The first-order chi connectivity index (χ1) is 7.19. The lowest BCUT2D eigenvalue weighted by Gasteiger charge is -2.04. The maximum Gasteiger partial charge on any atom is 0.343 e. The lowest BCUT2D eigenvalue weighted by Crippen LogP contribution is -2.11. The highest BCUT2D eigenvalue weighted by atomic mass is 79.9. The average Bonchev–Trinajstić information content (AvgIpc) is 2.19. The molecule has 1 heterocycles. The van der Waals surface area contributed by atoms with Gasteiger partial charge in [0.15, 0.2) is 5.82 Å². The van der Waals surface area contributed by atoms with Gasteiger partial charge in [0.2, 0.25) is 0 Å². The number of rotatable bonds is 3. The van der Waals surface area contributed by atoms with Gasteiger partial charge in [0, 0.05) is 12.4 Å². The zero-order valence-electron chi connectivity index (χ0n) is 8.11. The van der Waals surface area contributed by atoms with E-state index in [1.807, 2.05) is 0 Å². The molecule has 5 nitrogen and oxygen atoms in total. The number of aromatic nitrogens is 2. The van der Waals surface area contributed by atoms with E-state index in [1.54, 1.807) is 13.0 Å². The second kappa shape index (κ2) is 5.45. The van der Waals surface area contributed by atoms with Crippen molar-refractivity contribution in [3.63, 3.8) is 0 Å². The van der Waals surface area contributed by atoms with Crippen molar-refractivity contribution in [1.29, 1.82) is 0 Å². The highest BCUT2D eigenvalue weighted by molar-refractivity contribution is 9.10. The molecule has 0 aliphatic carbocycles. The molecule has 0 saturated heterocycles. The maximum absolute atomic E-state index is 11.4. The van der Waals surface area contributed by atoms with Crippen LogP contribution >= 0.6 is 15.9 Å². The third kappa shape index (κ3) is 3.02. The Labute approximate surface area is 95.5 Å². The molecule has 0 bridgehead atoms. The van der Waals surface area contributed by atoms with E-state index in [2.05, 4.69) is 25.9 Å². The molecule has 1 aromatic rings. The third-order valence-electron chi connectivity index (χ3n) is 1.52. The van der Waals surface area contributed by atoms with E-state index >= 15 is 0 Å². The van der Waals surface area contributed by atoms with Crippen molar-refractivity contribution >= 4 is 27.5 Å². The highest BCUT2D eigenvalue weighted by Crippen LogP contribution is 2.12. The topological polar surface area (TPSA) is 78.1 Å². The van der Waals surface area contributed by atoms with Crippen LogP contribution in [0, 0.1) is 0 Å². The van der Waals surface area contributed by atoms with Gasteiger partial charge in [-0.15, -0.1) is 0 Å². The summed E-state index contributed by atoms with van der Waals surface area (Å²) in [6.07, 6.45) is 2.66. The molecule has 80 valence electrons. The van der Waals surface area contributed by atoms with Crippen molar-refractivity contribution in [3.8, 4) is 0 Å². The van der Waals surface area contributed by atoms with Crippen molar-refractivity contribution in [3.05, 3.63) is 28.9 Å². The molecular formula is C9H10BrN3O2. The summed E-state index contributed by atoms with van der Waals surface area (Å²) in [5.74, 6) is -0.288. The van der Waals surface area contributed by atoms with Crippen molar-refractivity contribution < 1.29 is 9.53 Å². The molecule has 0 aromatic carbocycles. The molecule has 0 spiro atoms. The predicted octanol–water partition coefficient (Wildman–Crippen LogP) is 1.10. The molecule has 0 radical (unpaired) electrons. The molecule has 0 saturated carbocycles. The summed E-state index contributed by atoms with van der Waals surface area (Å²) in [5.41, 5.74) is 5.48. The molecule has 0 amide bonds. The smallest absolute Gasteiger partial charge is 0.343 e. The molecule has 1 rings (SSSR count). The predicted molar refractivity (Wildman–Crippen MR) is 58.5 cm³/mol. The number of esters is 1. The average molecular weight is 272 g/mol. The number of hydrogen-bond acceptors (Lipinski definition) is 5. The van der Waals surface area contributed by atoms with Gasteiger partial charge < -0.3 is 10.5 Å². The monoisotopic (exact) mass is 271 g/mol. The summed E-state index contributed by atoms with van der Waals surface area (Å²) in [6.45, 7) is 2.00. The van der Waals surface area contributed by atoms with Crippen molar-refractivity contribution in [1.82, 2.24) is 9.97 Å². The fourth-order valence-electron chi connectivity index (χ4n) is 0.909. The number of carbonyl (C=O) groups is 1. The summed E-state index contributed by atoms with van der Waals surface area (Å²) in [4.78, 5) is 19.3. The van der Waals surface area contributed by atoms with Crippen LogP contribution in [0.4, 0.5) is 0 Å². The number of carbonyl (C=O) groups excluding carboxylic acids is 1. The fourth-order valence-corrected chi connectivity index (χ4v) is 1.20. The maximum atomic E-state index is 11.4. The van der Waals surface area contributed by atoms with Gasteiger partial charge in [-0.25, -0.2) is 14.8 Å². The normalized spacial score (nSPS) is 11.2. The molecule has 0 fully saturated rings. The van der Waals surface area contributed by atoms with Crippen molar-refractivity contribution in [2.75, 3.05) is 6.61 Å². The standard InChI is InChI=1S/C9H10BrN3O2/c1-2-15-9(14)6(5-11)8-12-4-3-7(10)13-8/h3-5H,2,11H2,1H3. The Morgan fingerprint density at radius 3 is 3.00 bits per heavy atom. The van der Waals surface area contributed by atoms with Crippen LogP contribution in [0.25, 0.3) is 5.57 Å². The summed E-state index contributed by atoms with van der Waals surface area (Å²) < 4.78 is 5.39. The van der Waals surface area contributed by atoms with Crippen LogP contribution in [0.1, 0.15) is 12.7 Å². The van der Waals surface area contributed by atoms with E-state index in [9.17, 15) is 4.79 Å². The van der Waals surface area contributed by atoms with Gasteiger partial charge in [0.25, 0.3) is 0 Å². The Balaban J connectivity index is 2.99.